The summed E-state index contributed by atoms with van der Waals surface area (Å²) >= 11 is 0. The van der Waals surface area contributed by atoms with Crippen LogP contribution in [-0.2, 0) is 0 Å². The van der Waals surface area contributed by atoms with Crippen molar-refractivity contribution in [2.75, 3.05) is 13.6 Å². The van der Waals surface area contributed by atoms with Crippen LogP contribution < -0.4 is 11.1 Å². The van der Waals surface area contributed by atoms with Crippen molar-refractivity contribution in [1.82, 2.24) is 5.32 Å². The zero-order valence-corrected chi connectivity index (χ0v) is 10.8. The summed E-state index contributed by atoms with van der Waals surface area (Å²) in [5, 5.41) is 2.96. The molecule has 0 aromatic heterocycles. The average Bonchev–Trinajstić information content (AvgIpc) is 2.08. The summed E-state index contributed by atoms with van der Waals surface area (Å²) in [4.78, 5) is 0. The fraction of sp³-hybridized carbons (Fsp3) is 0.200. The zero-order valence-electron chi connectivity index (χ0n) is 7.90. The van der Waals surface area contributed by atoms with Crippen LogP contribution in [0, 0.1) is 53.9 Å². The molecule has 73 valence electrons. The first-order valence-corrected chi connectivity index (χ1v) is 3.90. The molecule has 1 rings (SSSR count). The van der Waals surface area contributed by atoms with Crippen LogP contribution in [0.15, 0.2) is 30.3 Å². The van der Waals surface area contributed by atoms with E-state index in [0.717, 1.165) is 0 Å². The van der Waals surface area contributed by atoms with E-state index in [1.807, 2.05) is 31.8 Å². The van der Waals surface area contributed by atoms with Gasteiger partial charge >= 0.3 is 0 Å². The van der Waals surface area contributed by atoms with Crippen LogP contribution in [0.5, 0.6) is 0 Å². The smallest absolute Gasteiger partial charge is 0 e. The van der Waals surface area contributed by atoms with Crippen LogP contribution in [-0.4, -0.2) is 13.6 Å². The molecule has 0 amide bonds. The Bertz CT molecular complexity index is 178. The van der Waals surface area contributed by atoms with Crippen molar-refractivity contribution in [3.8, 4) is 0 Å². The van der Waals surface area contributed by atoms with Gasteiger partial charge in [0.25, 0.3) is 0 Å². The second-order valence-electron chi connectivity index (χ2n) is 2.13. The predicted octanol–water partition coefficient (Wildman–Crippen LogP) is 1.20. The van der Waals surface area contributed by atoms with Gasteiger partial charge in [0.15, 0.2) is 0 Å². The largest absolute Gasteiger partial charge is 0.360 e. The van der Waals surface area contributed by atoms with Gasteiger partial charge in [-0.1, -0.05) is 6.07 Å². The normalized spacial score (nSPS) is 7.62. The Hall–Kier alpha value is 0.348. The number of rotatable bonds is 2. The van der Waals surface area contributed by atoms with E-state index in [9.17, 15) is 0 Å². The molecule has 0 heterocycles. The molecule has 0 saturated carbocycles. The van der Waals surface area contributed by atoms with Crippen molar-refractivity contribution in [3.05, 3.63) is 49.4 Å². The van der Waals surface area contributed by atoms with Crippen LogP contribution in [0.1, 0.15) is 5.56 Å². The second-order valence-corrected chi connectivity index (χ2v) is 2.13. The van der Waals surface area contributed by atoms with E-state index in [2.05, 4.69) is 24.4 Å². The topological polar surface area (TPSA) is 38.0 Å². The Morgan fingerprint density at radius 1 is 1.38 bits per heavy atom. The summed E-state index contributed by atoms with van der Waals surface area (Å²) in [6.07, 6.45) is 0. The van der Waals surface area contributed by atoms with Gasteiger partial charge in [-0.3, -0.25) is 0 Å². The van der Waals surface area contributed by atoms with Crippen molar-refractivity contribution in [2.24, 2.45) is 5.73 Å². The van der Waals surface area contributed by atoms with Crippen molar-refractivity contribution in [1.29, 1.82) is 0 Å². The minimum absolute atomic E-state index is 0. The van der Waals surface area contributed by atoms with Crippen LogP contribution in [0.25, 0.3) is 0 Å². The first-order valence-electron chi connectivity index (χ1n) is 3.90. The van der Waals surface area contributed by atoms with Crippen molar-refractivity contribution in [2.45, 2.75) is 0 Å². The first kappa shape index (κ1) is 15.8. The van der Waals surface area contributed by atoms with Crippen LogP contribution >= 0.6 is 0 Å². The number of nitrogens with one attached hydrogen (secondary N) is 1. The Labute approximate surface area is 113 Å². The van der Waals surface area contributed by atoms with E-state index in [1.165, 1.54) is 5.56 Å². The third-order valence-electron chi connectivity index (χ3n) is 1.11. The molecular formula is C10H16N2Pm-2. The predicted molar refractivity (Wildman–Crippen MR) is 53.3 cm³/mol. The summed E-state index contributed by atoms with van der Waals surface area (Å²) in [6, 6.07) is 10.1. The molecule has 3 heteroatoms. The van der Waals surface area contributed by atoms with Gasteiger partial charge < -0.3 is 18.0 Å². The average molecular weight is 309 g/mol. The number of hydrogen-bond donors (Lipinski definition) is 2. The summed E-state index contributed by atoms with van der Waals surface area (Å²) in [6.45, 7) is 5.72. The van der Waals surface area contributed by atoms with Crippen LogP contribution in [0.3, 0.4) is 0 Å². The number of hydrogen-bond acceptors (Lipinski definition) is 2. The molecule has 1 radical (unpaired) electrons. The standard InChI is InChI=1S/C8H10N.C2H6N.Pm/c1-9-7-8-5-3-2-4-6-8;1-2-3;/h2-7,9H,1H3;1-3H2;/q2*-1;. The van der Waals surface area contributed by atoms with Gasteiger partial charge in [0, 0.05) is 40.4 Å². The summed E-state index contributed by atoms with van der Waals surface area (Å²) < 4.78 is 0. The summed E-state index contributed by atoms with van der Waals surface area (Å²) in [5.74, 6) is 0. The van der Waals surface area contributed by atoms with E-state index in [4.69, 9.17) is 5.73 Å². The van der Waals surface area contributed by atoms with Crippen LogP contribution in [0.4, 0.5) is 0 Å². The van der Waals surface area contributed by atoms with Crippen LogP contribution in [0.2, 0.25) is 0 Å². The fourth-order valence-corrected chi connectivity index (χ4v) is 0.716. The molecule has 0 atom stereocenters. The monoisotopic (exact) mass is 309 g/mol. The molecule has 1 aromatic rings. The van der Waals surface area contributed by atoms with E-state index in [0.29, 0.717) is 6.54 Å². The fourth-order valence-electron chi connectivity index (χ4n) is 0.716. The SMILES string of the molecule is CN[CH-]c1ccccc1.[CH2-]CN.[Pm]. The quantitative estimate of drug-likeness (QED) is 0.806. The number of nitrogens with two attached hydrogens (primary N) is 1. The third-order valence-corrected chi connectivity index (χ3v) is 1.11. The molecule has 1 aromatic carbocycles. The molecular weight excluding hydrogens is 293 g/mol. The Morgan fingerprint density at radius 3 is 2.23 bits per heavy atom. The third kappa shape index (κ3) is 10.3. The maximum absolute atomic E-state index is 4.74. The van der Waals surface area contributed by atoms with E-state index < -0.39 is 0 Å². The maximum atomic E-state index is 4.74. The zero-order chi connectivity index (χ0) is 9.23. The molecule has 2 nitrogen and oxygen atoms in total. The van der Waals surface area contributed by atoms with Crippen molar-refractivity contribution < 1.29 is 40.4 Å². The maximum Gasteiger partial charge on any atom is 0 e. The van der Waals surface area contributed by atoms with Crippen molar-refractivity contribution >= 4 is 0 Å². The van der Waals surface area contributed by atoms with Gasteiger partial charge in [-0.25, -0.2) is 0 Å². The first-order chi connectivity index (χ1) is 5.85. The summed E-state index contributed by atoms with van der Waals surface area (Å²) in [5.41, 5.74) is 5.94. The van der Waals surface area contributed by atoms with E-state index in [1.54, 1.807) is 0 Å². The van der Waals surface area contributed by atoms with Gasteiger partial charge in [-0.05, 0) is 7.05 Å². The molecule has 0 unspecified atom stereocenters. The Morgan fingerprint density at radius 2 is 1.85 bits per heavy atom. The van der Waals surface area contributed by atoms with E-state index in [-0.39, 0.29) is 40.4 Å². The molecule has 3 N–H and O–H groups in total. The Kier molecular flexibility index (Phi) is 15.0. The second kappa shape index (κ2) is 12.3. The molecule has 0 aliphatic rings. The van der Waals surface area contributed by atoms with Gasteiger partial charge in [0.2, 0.25) is 0 Å². The van der Waals surface area contributed by atoms with Gasteiger partial charge in [0.1, 0.15) is 0 Å². The molecule has 0 aliphatic heterocycles. The minimum Gasteiger partial charge on any atom is -0.360 e. The number of benzene rings is 1. The Balaban J connectivity index is 0. The molecule has 0 spiro atoms. The molecule has 0 bridgehead atoms. The molecule has 0 saturated heterocycles. The van der Waals surface area contributed by atoms with Crippen molar-refractivity contribution in [3.63, 3.8) is 0 Å². The molecule has 0 aliphatic carbocycles. The molecule has 0 fully saturated rings. The van der Waals surface area contributed by atoms with E-state index >= 15 is 0 Å². The van der Waals surface area contributed by atoms with Gasteiger partial charge in [-0.2, -0.15) is 17.7 Å². The van der Waals surface area contributed by atoms with Gasteiger partial charge in [0.05, 0.1) is 0 Å². The summed E-state index contributed by atoms with van der Waals surface area (Å²) in [7, 11) is 1.90. The minimum atomic E-state index is 0. The van der Waals surface area contributed by atoms with Gasteiger partial charge in [-0.15, -0.1) is 25.2 Å². The molecule has 13 heavy (non-hydrogen) atoms.